The highest BCUT2D eigenvalue weighted by Crippen LogP contribution is 2.30. The summed E-state index contributed by atoms with van der Waals surface area (Å²) in [6.45, 7) is 1.70. The van der Waals surface area contributed by atoms with E-state index in [-0.39, 0.29) is 27.7 Å². The molecular formula is C18H15ClFN3O3S. The third-order valence-electron chi connectivity index (χ3n) is 3.71. The van der Waals surface area contributed by atoms with Crippen LogP contribution in [0, 0.1) is 5.82 Å². The average molecular weight is 408 g/mol. The number of ketones is 1. The molecule has 1 aromatic carbocycles. The van der Waals surface area contributed by atoms with E-state index in [9.17, 15) is 17.6 Å². The van der Waals surface area contributed by atoms with Crippen molar-refractivity contribution in [2.75, 3.05) is 10.5 Å². The van der Waals surface area contributed by atoms with E-state index in [1.807, 2.05) is 0 Å². The Kier molecular flexibility index (Phi) is 5.38. The Morgan fingerprint density at radius 1 is 1.22 bits per heavy atom. The molecule has 3 rings (SSSR count). The number of rotatable bonds is 6. The summed E-state index contributed by atoms with van der Waals surface area (Å²) in [6, 6.07) is 8.34. The summed E-state index contributed by atoms with van der Waals surface area (Å²) in [4.78, 5) is 21.1. The number of fused-ring (bicyclic) bond motifs is 1. The Morgan fingerprint density at radius 3 is 2.74 bits per heavy atom. The minimum absolute atomic E-state index is 0.0466. The lowest BCUT2D eigenvalue weighted by atomic mass is 10.1. The zero-order chi connectivity index (χ0) is 19.6. The van der Waals surface area contributed by atoms with E-state index in [1.165, 1.54) is 6.07 Å². The van der Waals surface area contributed by atoms with Gasteiger partial charge in [-0.05, 0) is 42.8 Å². The van der Waals surface area contributed by atoms with Gasteiger partial charge in [0.05, 0.1) is 27.5 Å². The van der Waals surface area contributed by atoms with Crippen molar-refractivity contribution in [1.82, 2.24) is 9.97 Å². The zero-order valence-electron chi connectivity index (χ0n) is 14.2. The molecule has 0 saturated heterocycles. The largest absolute Gasteiger partial charge is 0.287 e. The fourth-order valence-electron chi connectivity index (χ4n) is 2.54. The predicted octanol–water partition coefficient (Wildman–Crippen LogP) is 3.81. The Labute approximate surface area is 160 Å². The Balaban J connectivity index is 2.03. The van der Waals surface area contributed by atoms with E-state index < -0.39 is 21.6 Å². The fourth-order valence-corrected chi connectivity index (χ4v) is 3.97. The van der Waals surface area contributed by atoms with Gasteiger partial charge in [0.15, 0.2) is 0 Å². The maximum Gasteiger partial charge on any atom is 0.232 e. The van der Waals surface area contributed by atoms with Crippen LogP contribution in [-0.2, 0) is 10.0 Å². The van der Waals surface area contributed by atoms with Gasteiger partial charge in [-0.2, -0.15) is 0 Å². The molecule has 0 aliphatic carbocycles. The SMILES string of the molecule is CCCS(=O)(=O)Nc1cc(F)cc(C(=O)c2ccc3ncccc3n2)c1Cl. The van der Waals surface area contributed by atoms with Crippen molar-refractivity contribution < 1.29 is 17.6 Å². The van der Waals surface area contributed by atoms with Gasteiger partial charge in [-0.1, -0.05) is 18.5 Å². The number of aromatic nitrogens is 2. The molecule has 0 amide bonds. The molecule has 0 atom stereocenters. The van der Waals surface area contributed by atoms with Crippen molar-refractivity contribution in [3.63, 3.8) is 0 Å². The Hall–Kier alpha value is -2.58. The first-order chi connectivity index (χ1) is 12.8. The number of pyridine rings is 2. The molecule has 0 aliphatic rings. The molecule has 0 aliphatic heterocycles. The van der Waals surface area contributed by atoms with Crippen molar-refractivity contribution >= 4 is 44.1 Å². The number of nitrogens with zero attached hydrogens (tertiary/aromatic N) is 2. The van der Waals surface area contributed by atoms with Gasteiger partial charge in [0, 0.05) is 11.8 Å². The summed E-state index contributed by atoms with van der Waals surface area (Å²) < 4.78 is 40.2. The highest BCUT2D eigenvalue weighted by atomic mass is 35.5. The van der Waals surface area contributed by atoms with Gasteiger partial charge in [-0.15, -0.1) is 0 Å². The second kappa shape index (κ2) is 7.58. The van der Waals surface area contributed by atoms with Gasteiger partial charge in [-0.3, -0.25) is 14.5 Å². The molecule has 6 nitrogen and oxygen atoms in total. The second-order valence-electron chi connectivity index (χ2n) is 5.80. The number of nitrogens with one attached hydrogen (secondary N) is 1. The van der Waals surface area contributed by atoms with E-state index in [1.54, 1.807) is 31.3 Å². The number of carbonyl (C=O) groups excluding carboxylic acids is 1. The summed E-state index contributed by atoms with van der Waals surface area (Å²) in [6.07, 6.45) is 1.98. The Bertz CT molecular complexity index is 1140. The molecule has 9 heteroatoms. The summed E-state index contributed by atoms with van der Waals surface area (Å²) in [5.41, 5.74) is 0.787. The van der Waals surface area contributed by atoms with Crippen LogP contribution in [0.5, 0.6) is 0 Å². The number of hydrogen-bond acceptors (Lipinski definition) is 5. The average Bonchev–Trinajstić information content (AvgIpc) is 2.63. The van der Waals surface area contributed by atoms with Crippen molar-refractivity contribution in [1.29, 1.82) is 0 Å². The highest BCUT2D eigenvalue weighted by molar-refractivity contribution is 7.92. The van der Waals surface area contributed by atoms with Gasteiger partial charge >= 0.3 is 0 Å². The van der Waals surface area contributed by atoms with Crippen LogP contribution in [0.3, 0.4) is 0 Å². The third-order valence-corrected chi connectivity index (χ3v) is 5.59. The number of hydrogen-bond donors (Lipinski definition) is 1. The molecule has 2 aromatic heterocycles. The lowest BCUT2D eigenvalue weighted by molar-refractivity contribution is 0.103. The smallest absolute Gasteiger partial charge is 0.232 e. The standard InChI is InChI=1S/C18H15ClFN3O3S/c1-2-8-27(25,26)23-16-10-11(20)9-12(17(16)19)18(24)15-6-5-13-14(22-15)4-3-7-21-13/h3-7,9-10,23H,2,8H2,1H3. The summed E-state index contributed by atoms with van der Waals surface area (Å²) in [7, 11) is -3.70. The normalized spacial score (nSPS) is 11.5. The molecular weight excluding hydrogens is 393 g/mol. The highest BCUT2D eigenvalue weighted by Gasteiger charge is 2.21. The zero-order valence-corrected chi connectivity index (χ0v) is 15.8. The lowest BCUT2D eigenvalue weighted by Crippen LogP contribution is -2.17. The van der Waals surface area contributed by atoms with Crippen molar-refractivity contribution in [2.45, 2.75) is 13.3 Å². The molecule has 1 N–H and O–H groups in total. The topological polar surface area (TPSA) is 89.0 Å². The minimum Gasteiger partial charge on any atom is -0.287 e. The number of benzene rings is 1. The van der Waals surface area contributed by atoms with Gasteiger partial charge in [0.25, 0.3) is 0 Å². The van der Waals surface area contributed by atoms with E-state index in [0.29, 0.717) is 17.5 Å². The second-order valence-corrected chi connectivity index (χ2v) is 8.02. The van der Waals surface area contributed by atoms with Crippen LogP contribution in [0.15, 0.2) is 42.6 Å². The van der Waals surface area contributed by atoms with Crippen LogP contribution >= 0.6 is 11.6 Å². The first-order valence-electron chi connectivity index (χ1n) is 8.07. The maximum atomic E-state index is 14.0. The Morgan fingerprint density at radius 2 is 2.00 bits per heavy atom. The van der Waals surface area contributed by atoms with Gasteiger partial charge in [0.2, 0.25) is 15.8 Å². The summed E-state index contributed by atoms with van der Waals surface area (Å²) in [5.74, 6) is -1.57. The first-order valence-corrected chi connectivity index (χ1v) is 10.1. The quantitative estimate of drug-likeness (QED) is 0.627. The number of sulfonamides is 1. The van der Waals surface area contributed by atoms with Crippen molar-refractivity contribution in [2.24, 2.45) is 0 Å². The predicted molar refractivity (Wildman–Crippen MR) is 102 cm³/mol. The van der Waals surface area contributed by atoms with E-state index in [2.05, 4.69) is 14.7 Å². The lowest BCUT2D eigenvalue weighted by Gasteiger charge is -2.12. The molecule has 3 aromatic rings. The maximum absolute atomic E-state index is 14.0. The molecule has 0 spiro atoms. The molecule has 0 unspecified atom stereocenters. The molecule has 0 fully saturated rings. The van der Waals surface area contributed by atoms with Crippen molar-refractivity contribution in [3.05, 3.63) is 64.7 Å². The van der Waals surface area contributed by atoms with Gasteiger partial charge in [-0.25, -0.2) is 17.8 Å². The fraction of sp³-hybridized carbons (Fsp3) is 0.167. The molecule has 27 heavy (non-hydrogen) atoms. The van der Waals surface area contributed by atoms with Crippen LogP contribution in [-0.4, -0.2) is 29.9 Å². The monoisotopic (exact) mass is 407 g/mol. The number of anilines is 1. The van der Waals surface area contributed by atoms with Crippen LogP contribution in [0.25, 0.3) is 11.0 Å². The van der Waals surface area contributed by atoms with Gasteiger partial charge < -0.3 is 0 Å². The van der Waals surface area contributed by atoms with Gasteiger partial charge in [0.1, 0.15) is 11.5 Å². The van der Waals surface area contributed by atoms with Crippen LogP contribution < -0.4 is 4.72 Å². The van der Waals surface area contributed by atoms with E-state index in [0.717, 1.165) is 12.1 Å². The molecule has 140 valence electrons. The molecule has 2 heterocycles. The molecule has 0 saturated carbocycles. The molecule has 0 radical (unpaired) electrons. The van der Waals surface area contributed by atoms with Crippen LogP contribution in [0.1, 0.15) is 29.4 Å². The van der Waals surface area contributed by atoms with Crippen LogP contribution in [0.2, 0.25) is 5.02 Å². The van der Waals surface area contributed by atoms with E-state index >= 15 is 0 Å². The number of halogens is 2. The van der Waals surface area contributed by atoms with Crippen LogP contribution in [0.4, 0.5) is 10.1 Å². The number of carbonyl (C=O) groups is 1. The summed E-state index contributed by atoms with van der Waals surface area (Å²) in [5, 5.41) is -0.186. The minimum atomic E-state index is -3.70. The van der Waals surface area contributed by atoms with E-state index in [4.69, 9.17) is 11.6 Å². The van der Waals surface area contributed by atoms with Crippen molar-refractivity contribution in [3.8, 4) is 0 Å². The third kappa shape index (κ3) is 4.23. The molecule has 0 bridgehead atoms. The summed E-state index contributed by atoms with van der Waals surface area (Å²) >= 11 is 6.20. The first kappa shape index (κ1) is 19.2.